The molecule has 3 saturated heterocycles. The molecule has 3 fully saturated rings. The zero-order valence-corrected chi connectivity index (χ0v) is 52.3. The van der Waals surface area contributed by atoms with Gasteiger partial charge in [-0.25, -0.2) is 0 Å². The summed E-state index contributed by atoms with van der Waals surface area (Å²) in [6.45, 7) is 40.4. The minimum Gasteiger partial charge on any atom is -0.489 e. The maximum Gasteiger partial charge on any atom is 0.495 e. The van der Waals surface area contributed by atoms with Crippen LogP contribution < -0.4 is 14.9 Å². The lowest BCUT2D eigenvalue weighted by molar-refractivity contribution is -0.143. The van der Waals surface area contributed by atoms with E-state index in [-0.39, 0.29) is 64.8 Å². The summed E-state index contributed by atoms with van der Waals surface area (Å²) in [5.74, 6) is 1.43. The number of cyclic esters (lactones) is 2. The molecule has 9 nitrogen and oxygen atoms in total. The Kier molecular flexibility index (Phi) is 19.0. The molecule has 3 heterocycles. The second kappa shape index (κ2) is 24.5. The zero-order valence-electron chi connectivity index (χ0n) is 51.3. The van der Waals surface area contributed by atoms with Crippen molar-refractivity contribution in [3.63, 3.8) is 0 Å². The number of ether oxygens (including phenoxy) is 4. The smallest absolute Gasteiger partial charge is 0.489 e. The van der Waals surface area contributed by atoms with Crippen LogP contribution in [-0.2, 0) is 43.6 Å². The minimum atomic E-state index is -1.74. The number of hydrogen-bond donors (Lipinski definition) is 0. The Labute approximate surface area is 476 Å². The predicted molar refractivity (Wildman–Crippen MR) is 324 cm³/mol. The van der Waals surface area contributed by atoms with Crippen LogP contribution >= 0.6 is 0 Å². The molecular weight excluding hydrogens is 1000 g/mol. The molecule has 0 aliphatic carbocycles. The number of benzene rings is 5. The highest BCUT2D eigenvalue weighted by molar-refractivity contribution is 6.69. The van der Waals surface area contributed by atoms with Crippen molar-refractivity contribution < 1.29 is 42.3 Å². The number of rotatable bonds is 19. The fraction of sp³-hybridized carbons (Fsp3) is 0.529. The molecule has 1 unspecified atom stereocenters. The van der Waals surface area contributed by atoms with E-state index in [0.29, 0.717) is 26.1 Å². The summed E-state index contributed by atoms with van der Waals surface area (Å²) < 4.78 is 42.1. The lowest BCUT2D eigenvalue weighted by atomic mass is 9.68. The molecule has 79 heavy (non-hydrogen) atoms. The van der Waals surface area contributed by atoms with Crippen LogP contribution in [0.2, 0.25) is 19.6 Å². The minimum absolute atomic E-state index is 0.00169. The third kappa shape index (κ3) is 13.8. The standard InChI is InChI=1S/C38H52O4Si.C30H41BO5/c1-11-38(12-2,31-17-20-34(27(4)23-31)40-25-32-18-21-35(39)41-32)30-16-19-33(26(3)22-30)28-14-13-15-29(24-28)36(37(5,6)7)42-43(8,9)10;1-9-30(10-2,23-12-15-26(21(4)18-23)33-19-24-13-16-27(32)34-24)22-11-14-25(20(3)17-22)31-35-28(5,6)29(7,8)36-31/h13-17,19-20,22-24,32,36H,11-12,18,21,25H2,1-10H3;11-12,14-15,17-18,24H,9-10,13,16,19H2,1-8H3/t32-,36?;24-/m11/s1. The number of hydrogen-bond acceptors (Lipinski definition) is 9. The molecule has 0 bridgehead atoms. The van der Waals surface area contributed by atoms with Gasteiger partial charge in [-0.3, -0.25) is 9.59 Å². The third-order valence-electron chi connectivity index (χ3n) is 17.5. The molecule has 0 aromatic heterocycles. The highest BCUT2D eigenvalue weighted by Crippen LogP contribution is 2.45. The first-order valence-corrected chi connectivity index (χ1v) is 32.7. The van der Waals surface area contributed by atoms with E-state index in [2.05, 4.69) is 221 Å². The first-order valence-electron chi connectivity index (χ1n) is 29.3. The Morgan fingerprint density at radius 1 is 0.582 bits per heavy atom. The molecular formula is C68H93BO9Si. The molecule has 0 N–H and O–H groups in total. The highest BCUT2D eigenvalue weighted by atomic mass is 28.4. The van der Waals surface area contributed by atoms with Crippen molar-refractivity contribution in [2.45, 2.75) is 215 Å². The number of esters is 2. The normalized spacial score (nSPS) is 18.7. The van der Waals surface area contributed by atoms with Gasteiger partial charge in [-0.15, -0.1) is 0 Å². The second-order valence-electron chi connectivity index (χ2n) is 25.8. The van der Waals surface area contributed by atoms with E-state index >= 15 is 0 Å². The monoisotopic (exact) mass is 1090 g/mol. The summed E-state index contributed by atoms with van der Waals surface area (Å²) >= 11 is 0. The molecule has 0 spiro atoms. The van der Waals surface area contributed by atoms with E-state index in [4.69, 9.17) is 32.7 Å². The van der Waals surface area contributed by atoms with E-state index in [0.717, 1.165) is 66.6 Å². The van der Waals surface area contributed by atoms with Crippen LogP contribution in [0, 0.1) is 33.1 Å². The average Bonchev–Trinajstić information content (AvgIpc) is 4.20. The van der Waals surface area contributed by atoms with Crippen molar-refractivity contribution >= 4 is 32.8 Å². The van der Waals surface area contributed by atoms with Crippen LogP contribution in [0.25, 0.3) is 11.1 Å². The SMILES string of the molecule is CCC(CC)(c1ccc(OC[C@H]2CCC(=O)O2)c(C)c1)c1ccc(-c2cccc(C(O[Si](C)(C)C)C(C)(C)C)c2)c(C)c1.CCC(CC)(c1ccc(OC[C@H]2CCC(=O)O2)c(C)c1)c1ccc(B2OC(C)(C)C(C)(C)O2)c(C)c1. The lowest BCUT2D eigenvalue weighted by Gasteiger charge is -2.36. The molecule has 0 amide bonds. The topological polar surface area (TPSA) is 98.8 Å². The average molecular weight is 1090 g/mol. The van der Waals surface area contributed by atoms with Crippen molar-refractivity contribution in [3.05, 3.63) is 147 Å². The fourth-order valence-electron chi connectivity index (χ4n) is 11.9. The molecule has 426 valence electrons. The van der Waals surface area contributed by atoms with Gasteiger partial charge in [-0.1, -0.05) is 133 Å². The number of carbonyl (C=O) groups is 2. The Morgan fingerprint density at radius 2 is 1.01 bits per heavy atom. The second-order valence-corrected chi connectivity index (χ2v) is 30.2. The third-order valence-corrected chi connectivity index (χ3v) is 18.5. The van der Waals surface area contributed by atoms with Crippen LogP contribution in [0.15, 0.2) is 97.1 Å². The Bertz CT molecular complexity index is 2920. The molecule has 0 saturated carbocycles. The van der Waals surface area contributed by atoms with E-state index in [1.165, 1.54) is 50.1 Å². The highest BCUT2D eigenvalue weighted by Gasteiger charge is 2.52. The Morgan fingerprint density at radius 3 is 1.39 bits per heavy atom. The van der Waals surface area contributed by atoms with E-state index in [1.54, 1.807) is 0 Å². The predicted octanol–water partition coefficient (Wildman–Crippen LogP) is 15.9. The van der Waals surface area contributed by atoms with Crippen molar-refractivity contribution in [2.24, 2.45) is 5.41 Å². The molecule has 3 aliphatic rings. The molecule has 5 aromatic rings. The summed E-state index contributed by atoms with van der Waals surface area (Å²) in [6.07, 6.45) is 6.14. The summed E-state index contributed by atoms with van der Waals surface area (Å²) in [6, 6.07) is 35.8. The van der Waals surface area contributed by atoms with Gasteiger partial charge in [0, 0.05) is 23.7 Å². The molecule has 5 aromatic carbocycles. The van der Waals surface area contributed by atoms with Crippen LogP contribution in [-0.4, -0.2) is 64.0 Å². The zero-order chi connectivity index (χ0) is 57.9. The van der Waals surface area contributed by atoms with Gasteiger partial charge in [0.05, 0.1) is 17.3 Å². The fourth-order valence-corrected chi connectivity index (χ4v) is 13.1. The van der Waals surface area contributed by atoms with Crippen LogP contribution in [0.3, 0.4) is 0 Å². The van der Waals surface area contributed by atoms with Crippen LogP contribution in [0.4, 0.5) is 0 Å². The van der Waals surface area contributed by atoms with E-state index in [9.17, 15) is 9.59 Å². The van der Waals surface area contributed by atoms with Gasteiger partial charge in [0.15, 0.2) is 8.32 Å². The van der Waals surface area contributed by atoms with Gasteiger partial charge < -0.3 is 32.7 Å². The van der Waals surface area contributed by atoms with Crippen LogP contribution in [0.5, 0.6) is 11.5 Å². The summed E-state index contributed by atoms with van der Waals surface area (Å²) in [5, 5.41) is 0. The first-order chi connectivity index (χ1) is 37.1. The van der Waals surface area contributed by atoms with Gasteiger partial charge in [-0.2, -0.15) is 0 Å². The number of aryl methyl sites for hydroxylation is 4. The molecule has 8 rings (SSSR count). The molecule has 3 aliphatic heterocycles. The number of carbonyl (C=O) groups excluding carboxylic acids is 2. The maximum absolute atomic E-state index is 11.5. The molecule has 3 atom stereocenters. The van der Waals surface area contributed by atoms with Crippen molar-refractivity contribution in [1.82, 2.24) is 0 Å². The van der Waals surface area contributed by atoms with Crippen LogP contribution in [0.1, 0.15) is 184 Å². The molecule has 11 heteroatoms. The summed E-state index contributed by atoms with van der Waals surface area (Å²) in [5.41, 5.74) is 13.8. The quantitative estimate of drug-likeness (QED) is 0.0591. The first kappa shape index (κ1) is 61.4. The van der Waals surface area contributed by atoms with Crippen molar-refractivity contribution in [3.8, 4) is 22.6 Å². The van der Waals surface area contributed by atoms with Gasteiger partial charge in [0.2, 0.25) is 0 Å². The van der Waals surface area contributed by atoms with Gasteiger partial charge in [-0.05, 0) is 198 Å². The van der Waals surface area contributed by atoms with Crippen molar-refractivity contribution in [1.29, 1.82) is 0 Å². The lowest BCUT2D eigenvalue weighted by Crippen LogP contribution is -2.41. The van der Waals surface area contributed by atoms with Crippen molar-refractivity contribution in [2.75, 3.05) is 13.2 Å². The molecule has 0 radical (unpaired) electrons. The van der Waals surface area contributed by atoms with E-state index < -0.39 is 8.32 Å². The Balaban J connectivity index is 0.000000232. The van der Waals surface area contributed by atoms with Gasteiger partial charge in [0.1, 0.15) is 36.9 Å². The van der Waals surface area contributed by atoms with E-state index in [1.807, 2.05) is 0 Å². The Hall–Kier alpha value is -5.20. The maximum atomic E-state index is 11.5. The summed E-state index contributed by atoms with van der Waals surface area (Å²) in [4.78, 5) is 22.8. The largest absolute Gasteiger partial charge is 0.495 e. The summed E-state index contributed by atoms with van der Waals surface area (Å²) in [7, 11) is -2.10. The van der Waals surface area contributed by atoms with Gasteiger partial charge >= 0.3 is 19.1 Å². The van der Waals surface area contributed by atoms with Gasteiger partial charge in [0.25, 0.3) is 0 Å².